The molecule has 27 atom stereocenters. The summed E-state index contributed by atoms with van der Waals surface area (Å²) >= 11 is 0. The van der Waals surface area contributed by atoms with E-state index in [2.05, 4.69) is 6.92 Å². The number of hydrogen-bond donors (Lipinski definition) is 0. The summed E-state index contributed by atoms with van der Waals surface area (Å²) < 4.78 is 140. The zero-order valence-corrected chi connectivity index (χ0v) is 68.7. The van der Waals surface area contributed by atoms with Crippen molar-refractivity contribution in [3.63, 3.8) is 0 Å². The number of carbonyl (C=O) groups excluding carboxylic acids is 12. The minimum absolute atomic E-state index is 0.172. The van der Waals surface area contributed by atoms with Crippen LogP contribution in [-0.4, -0.2) is 238 Å². The Bertz CT molecular complexity index is 3070. The van der Waals surface area contributed by atoms with Crippen molar-refractivity contribution in [2.24, 2.45) is 5.92 Å². The Morgan fingerprint density at radius 3 is 1.35 bits per heavy atom. The van der Waals surface area contributed by atoms with E-state index in [0.29, 0.717) is 44.9 Å². The van der Waals surface area contributed by atoms with Gasteiger partial charge in [0.25, 0.3) is 0 Å². The molecule has 6 fully saturated rings. The van der Waals surface area contributed by atoms with Gasteiger partial charge in [-0.25, -0.2) is 0 Å². The van der Waals surface area contributed by atoms with Gasteiger partial charge >= 0.3 is 71.6 Å². The molecule has 34 nitrogen and oxygen atoms in total. The predicted molar refractivity (Wildman–Crippen MR) is 389 cm³/mol. The van der Waals surface area contributed by atoms with Crippen molar-refractivity contribution in [1.82, 2.24) is 0 Å². The second-order valence-corrected chi connectivity index (χ2v) is 29.9. The number of carbonyl (C=O) groups is 12. The molecule has 0 amide bonds. The van der Waals surface area contributed by atoms with Gasteiger partial charge in [-0.1, -0.05) is 124 Å². The van der Waals surface area contributed by atoms with Gasteiger partial charge in [0, 0.05) is 75.2 Å². The van der Waals surface area contributed by atoms with Crippen LogP contribution in [0.2, 0.25) is 0 Å². The molecule has 0 aromatic carbocycles. The molecule has 0 unspecified atom stereocenters. The van der Waals surface area contributed by atoms with Crippen molar-refractivity contribution in [3.8, 4) is 0 Å². The number of rotatable bonds is 32. The first-order valence-electron chi connectivity index (χ1n) is 40.3. The third-order valence-electron chi connectivity index (χ3n) is 20.2. The summed E-state index contributed by atoms with van der Waals surface area (Å²) in [5, 5.41) is 0. The highest BCUT2D eigenvalue weighted by Crippen LogP contribution is 2.42. The largest absolute Gasteiger partial charge is 0.463 e. The Balaban J connectivity index is 1.62. The zero-order valence-electron chi connectivity index (χ0n) is 68.7. The zero-order chi connectivity index (χ0) is 83.3. The summed E-state index contributed by atoms with van der Waals surface area (Å²) in [5.41, 5.74) is 0. The SMILES string of the molecule is CCCCCCCCCCCC(=O)O[C@H]1[C@H](O[C@@H]2[C@H]3OC(=O)CCCCCCCCC[C@H](CCC)O[C@@H]4O[C@H](C)[C@H](OC(C)=O)[C@H](OC(C)=O)[C@H]4O[C@H](O[C@H]2C)[C@@H]3OC(C)=O)O[C@@H](C)[C@H](O[C@@H]2O[C@@H](C)[C@H](OC(=O)[C@@H](C)CC)[C@@H](OC(C)=O)[C@H]2OC(C)=O)[C@H]1O[C@@H]1O[C@H](COC(C)=O)[C@@H](OC(C)=O)[C@H](OC(C)=O)[C@H]1OC(C)=O. The summed E-state index contributed by atoms with van der Waals surface area (Å²) in [6.07, 6.45) is -28.2. The summed E-state index contributed by atoms with van der Waals surface area (Å²) in [6.45, 7) is 22.3. The van der Waals surface area contributed by atoms with Gasteiger partial charge in [0.15, 0.2) is 105 Å². The normalized spacial score (nSPS) is 34.2. The molecule has 6 heterocycles. The molecule has 0 spiro atoms. The van der Waals surface area contributed by atoms with E-state index in [9.17, 15) is 52.7 Å². The molecule has 0 aromatic rings. The van der Waals surface area contributed by atoms with Crippen LogP contribution in [-0.2, 0) is 162 Å². The van der Waals surface area contributed by atoms with Crippen LogP contribution in [0.5, 0.6) is 0 Å². The van der Waals surface area contributed by atoms with E-state index in [4.69, 9.17) is 104 Å². The molecule has 0 saturated carbocycles. The maximum Gasteiger partial charge on any atom is 0.309 e. The molecule has 0 aromatic heterocycles. The Morgan fingerprint density at radius 1 is 0.372 bits per heavy atom. The second kappa shape index (κ2) is 47.5. The van der Waals surface area contributed by atoms with E-state index in [-0.39, 0.29) is 19.3 Å². The first-order valence-corrected chi connectivity index (χ1v) is 40.3. The lowest BCUT2D eigenvalue weighted by molar-refractivity contribution is -0.400. The molecular formula is C79H124O34. The van der Waals surface area contributed by atoms with E-state index in [0.717, 1.165) is 139 Å². The topological polar surface area (TPSA) is 408 Å². The summed E-state index contributed by atoms with van der Waals surface area (Å²) in [4.78, 5) is 163. The van der Waals surface area contributed by atoms with Crippen LogP contribution in [0.25, 0.3) is 0 Å². The smallest absolute Gasteiger partial charge is 0.309 e. The highest BCUT2D eigenvalue weighted by atomic mass is 16.8. The molecule has 6 saturated heterocycles. The van der Waals surface area contributed by atoms with Crippen LogP contribution < -0.4 is 0 Å². The Kier molecular flexibility index (Phi) is 39.9. The maximum atomic E-state index is 15.1. The van der Waals surface area contributed by atoms with E-state index < -0.39 is 244 Å². The fourth-order valence-corrected chi connectivity index (χ4v) is 14.7. The Labute approximate surface area is 662 Å². The van der Waals surface area contributed by atoms with E-state index in [1.807, 2.05) is 6.92 Å². The van der Waals surface area contributed by atoms with Crippen molar-refractivity contribution in [2.75, 3.05) is 6.61 Å². The van der Waals surface area contributed by atoms with Crippen molar-refractivity contribution in [3.05, 3.63) is 0 Å². The van der Waals surface area contributed by atoms with Crippen LogP contribution in [0, 0.1) is 5.92 Å². The van der Waals surface area contributed by atoms with Gasteiger partial charge in [0.05, 0.1) is 36.4 Å². The molecule has 6 aliphatic heterocycles. The van der Waals surface area contributed by atoms with Crippen LogP contribution >= 0.6 is 0 Å². The van der Waals surface area contributed by atoms with Gasteiger partial charge in [-0.2, -0.15) is 0 Å². The lowest BCUT2D eigenvalue weighted by Crippen LogP contribution is -2.69. The average molecular weight is 1620 g/mol. The van der Waals surface area contributed by atoms with E-state index in [1.54, 1.807) is 20.8 Å². The van der Waals surface area contributed by atoms with Gasteiger partial charge in [-0.3, -0.25) is 57.5 Å². The molecule has 0 aliphatic carbocycles. The van der Waals surface area contributed by atoms with E-state index in [1.165, 1.54) is 20.8 Å². The number of fused-ring (bicyclic) bond motifs is 3. The summed E-state index contributed by atoms with van der Waals surface area (Å²) in [6, 6.07) is 0. The molecular weight excluding hydrogens is 1490 g/mol. The van der Waals surface area contributed by atoms with Gasteiger partial charge in [0.1, 0.15) is 31.0 Å². The Morgan fingerprint density at radius 2 is 0.796 bits per heavy atom. The molecule has 113 heavy (non-hydrogen) atoms. The third-order valence-corrected chi connectivity index (χ3v) is 20.2. The molecule has 0 N–H and O–H groups in total. The van der Waals surface area contributed by atoms with Crippen molar-refractivity contribution < 1.29 is 162 Å². The predicted octanol–water partition coefficient (Wildman–Crippen LogP) is 8.66. The molecule has 34 heteroatoms. The molecule has 0 radical (unpaired) electrons. The number of ether oxygens (including phenoxy) is 22. The average Bonchev–Trinajstić information content (AvgIpc) is 0.758. The van der Waals surface area contributed by atoms with Crippen LogP contribution in [0.3, 0.4) is 0 Å². The van der Waals surface area contributed by atoms with Crippen molar-refractivity contribution in [2.45, 2.75) is 419 Å². The minimum atomic E-state index is -2.12. The first-order chi connectivity index (χ1) is 53.6. The van der Waals surface area contributed by atoms with Crippen LogP contribution in [0.15, 0.2) is 0 Å². The number of hydrogen-bond acceptors (Lipinski definition) is 34. The van der Waals surface area contributed by atoms with Crippen LogP contribution in [0.4, 0.5) is 0 Å². The fourth-order valence-electron chi connectivity index (χ4n) is 14.7. The fraction of sp³-hybridized carbons (Fsp3) is 0.848. The standard InChI is InChI=1S/C79H124O34/c1-18-21-22-23-24-25-28-31-35-39-58(90)108-72-67(112-79-71(104-54(17)88)68(101-51(14)85)63(98-48(11)82)56(106-79)40-92-46(9)80)62(111-76-69(102-52(15)86)65(100-50(13)84)60(43(6)94-76)109-74(91)41(4)20-3)45(8)96-78(72)110-61-44(7)95-77-70(103-53(16)87)66(61)107-57(89)38-34-32-29-26-27-30-33-37-55(36-19-2)105-75-73(113-77)64(99-49(12)83)59(42(5)93-75)97-47(10)81/h41-45,55-56,59-73,75-79H,18-40H2,1-17H3/t41-,42+,43-,44-,45-,55-,56+,59-,60-,61-,62-,63+,64-,65+,66+,67+,68-,69+,70+,71+,72+,73+,75-,76-,77-,78-,79-/m0/s1. The summed E-state index contributed by atoms with van der Waals surface area (Å²) in [7, 11) is 0. The second-order valence-electron chi connectivity index (χ2n) is 29.9. The Hall–Kier alpha value is -6.76. The molecule has 644 valence electrons. The monoisotopic (exact) mass is 1620 g/mol. The van der Waals surface area contributed by atoms with Crippen LogP contribution in [0.1, 0.15) is 259 Å². The van der Waals surface area contributed by atoms with Gasteiger partial charge < -0.3 is 104 Å². The number of esters is 12. The molecule has 6 aliphatic rings. The first kappa shape index (κ1) is 95.1. The van der Waals surface area contributed by atoms with Crippen molar-refractivity contribution >= 4 is 71.6 Å². The molecule has 2 bridgehead atoms. The highest BCUT2D eigenvalue weighted by Gasteiger charge is 2.62. The molecule has 6 rings (SSSR count). The third kappa shape index (κ3) is 29.7. The quantitative estimate of drug-likeness (QED) is 0.0345. The van der Waals surface area contributed by atoms with Gasteiger partial charge in [0.2, 0.25) is 0 Å². The van der Waals surface area contributed by atoms with E-state index >= 15 is 4.79 Å². The van der Waals surface area contributed by atoms with Gasteiger partial charge in [-0.05, 0) is 59.8 Å². The lowest BCUT2D eigenvalue weighted by Gasteiger charge is -2.52. The lowest BCUT2D eigenvalue weighted by atomic mass is 9.94. The number of unbranched alkanes of at least 4 members (excludes halogenated alkanes) is 8. The summed E-state index contributed by atoms with van der Waals surface area (Å²) in [5.74, 6) is -11.4. The van der Waals surface area contributed by atoms with Crippen molar-refractivity contribution in [1.29, 1.82) is 0 Å². The van der Waals surface area contributed by atoms with Gasteiger partial charge in [-0.15, -0.1) is 0 Å². The minimum Gasteiger partial charge on any atom is -0.463 e. The highest BCUT2D eigenvalue weighted by molar-refractivity contribution is 5.73. The maximum absolute atomic E-state index is 15.1.